The Hall–Kier alpha value is -2.34. The highest BCUT2D eigenvalue weighted by molar-refractivity contribution is 9.10. The second kappa shape index (κ2) is 7.61. The van der Waals surface area contributed by atoms with Crippen LogP contribution in [-0.4, -0.2) is 18.5 Å². The first-order chi connectivity index (χ1) is 10.6. The minimum Gasteiger partial charge on any atom is -0.481 e. The van der Waals surface area contributed by atoms with Gasteiger partial charge in [0.05, 0.1) is 5.56 Å². The molecule has 2 aromatic rings. The molecule has 0 atom stereocenters. The fraction of sp³-hybridized carbons (Fsp3) is 0.125. The predicted molar refractivity (Wildman–Crippen MR) is 84.4 cm³/mol. The number of nitrogens with two attached hydrogens (primary N) is 1. The molecule has 0 fully saturated rings. The highest BCUT2D eigenvalue weighted by Crippen LogP contribution is 2.17. The molecule has 0 aliphatic rings. The van der Waals surface area contributed by atoms with Crippen molar-refractivity contribution in [3.63, 3.8) is 0 Å². The van der Waals surface area contributed by atoms with Gasteiger partial charge < -0.3 is 15.2 Å². The van der Waals surface area contributed by atoms with Gasteiger partial charge >= 0.3 is 5.97 Å². The molecule has 2 aromatic carbocycles. The quantitative estimate of drug-likeness (QED) is 0.800. The molecule has 0 radical (unpaired) electrons. The maximum atomic E-state index is 11.7. The van der Waals surface area contributed by atoms with E-state index >= 15 is 0 Å². The Bertz CT molecular complexity index is 670. The van der Waals surface area contributed by atoms with Crippen molar-refractivity contribution in [2.24, 2.45) is 5.73 Å². The summed E-state index contributed by atoms with van der Waals surface area (Å²) in [7, 11) is 0. The zero-order valence-corrected chi connectivity index (χ0v) is 13.2. The number of carbonyl (C=O) groups excluding carboxylic acids is 2. The fourth-order valence-electron chi connectivity index (χ4n) is 1.72. The number of halogens is 1. The van der Waals surface area contributed by atoms with Gasteiger partial charge in [0.1, 0.15) is 12.4 Å². The third kappa shape index (κ3) is 4.60. The first-order valence-electron chi connectivity index (χ1n) is 6.48. The number of hydrogen-bond donors (Lipinski definition) is 1. The summed E-state index contributed by atoms with van der Waals surface area (Å²) in [6.45, 7) is -0.131. The Morgan fingerprint density at radius 2 is 1.73 bits per heavy atom. The van der Waals surface area contributed by atoms with Gasteiger partial charge in [0.2, 0.25) is 0 Å². The normalized spacial score (nSPS) is 10.0. The van der Waals surface area contributed by atoms with Crippen LogP contribution in [0.3, 0.4) is 0 Å². The van der Waals surface area contributed by atoms with Crippen molar-refractivity contribution in [2.75, 3.05) is 6.61 Å². The molecule has 0 saturated carbocycles. The highest BCUT2D eigenvalue weighted by Gasteiger charge is 2.11. The molecule has 0 aliphatic carbocycles. The van der Waals surface area contributed by atoms with Gasteiger partial charge in [0, 0.05) is 4.47 Å². The Kier molecular flexibility index (Phi) is 5.55. The van der Waals surface area contributed by atoms with Crippen LogP contribution in [0.15, 0.2) is 53.0 Å². The maximum Gasteiger partial charge on any atom is 0.344 e. The second-order valence-electron chi connectivity index (χ2n) is 4.44. The van der Waals surface area contributed by atoms with Crippen molar-refractivity contribution >= 4 is 27.8 Å². The number of esters is 1. The molecule has 0 saturated heterocycles. The van der Waals surface area contributed by atoms with Crippen LogP contribution in [0.5, 0.6) is 5.75 Å². The third-order valence-electron chi connectivity index (χ3n) is 2.81. The summed E-state index contributed by atoms with van der Waals surface area (Å²) >= 11 is 3.33. The molecule has 2 N–H and O–H groups in total. The van der Waals surface area contributed by atoms with Crippen LogP contribution in [0.2, 0.25) is 0 Å². The molecule has 0 aromatic heterocycles. The molecular weight excluding hydrogens is 350 g/mol. The van der Waals surface area contributed by atoms with E-state index < -0.39 is 11.9 Å². The topological polar surface area (TPSA) is 78.6 Å². The number of amides is 1. The SMILES string of the molecule is NC(=O)c1ccccc1OCC(=O)OCc1ccc(Br)cc1. The lowest BCUT2D eigenvalue weighted by Crippen LogP contribution is -2.18. The molecule has 5 nitrogen and oxygen atoms in total. The summed E-state index contributed by atoms with van der Waals surface area (Å²) in [4.78, 5) is 22.9. The summed E-state index contributed by atoms with van der Waals surface area (Å²) in [5.74, 6) is -0.878. The molecule has 1 amide bonds. The van der Waals surface area contributed by atoms with Gasteiger partial charge in [0.15, 0.2) is 6.61 Å². The molecule has 0 spiro atoms. The molecule has 0 aliphatic heterocycles. The number of hydrogen-bond acceptors (Lipinski definition) is 4. The van der Waals surface area contributed by atoms with Crippen LogP contribution in [0.4, 0.5) is 0 Å². The summed E-state index contributed by atoms with van der Waals surface area (Å²) in [5.41, 5.74) is 6.32. The average molecular weight is 364 g/mol. The zero-order valence-electron chi connectivity index (χ0n) is 11.6. The van der Waals surface area contributed by atoms with Gasteiger partial charge in [-0.25, -0.2) is 4.79 Å². The van der Waals surface area contributed by atoms with E-state index in [1.165, 1.54) is 6.07 Å². The van der Waals surface area contributed by atoms with E-state index in [-0.39, 0.29) is 24.5 Å². The van der Waals surface area contributed by atoms with Crippen molar-refractivity contribution in [1.29, 1.82) is 0 Å². The van der Waals surface area contributed by atoms with Gasteiger partial charge in [-0.1, -0.05) is 40.2 Å². The molecule has 0 unspecified atom stereocenters. The van der Waals surface area contributed by atoms with Crippen LogP contribution in [0.25, 0.3) is 0 Å². The fourth-order valence-corrected chi connectivity index (χ4v) is 1.98. The van der Waals surface area contributed by atoms with Gasteiger partial charge in [-0.2, -0.15) is 0 Å². The first kappa shape index (κ1) is 16.0. The molecule has 114 valence electrons. The van der Waals surface area contributed by atoms with Gasteiger partial charge in [0.25, 0.3) is 5.91 Å². The number of rotatable bonds is 6. The number of para-hydroxylation sites is 1. The smallest absolute Gasteiger partial charge is 0.344 e. The van der Waals surface area contributed by atoms with Gasteiger partial charge in [-0.05, 0) is 29.8 Å². The van der Waals surface area contributed by atoms with E-state index in [1.54, 1.807) is 18.2 Å². The van der Waals surface area contributed by atoms with Crippen LogP contribution >= 0.6 is 15.9 Å². The Morgan fingerprint density at radius 1 is 1.05 bits per heavy atom. The molecule has 22 heavy (non-hydrogen) atoms. The van der Waals surface area contributed by atoms with E-state index in [0.717, 1.165) is 10.0 Å². The van der Waals surface area contributed by atoms with E-state index in [9.17, 15) is 9.59 Å². The van der Waals surface area contributed by atoms with Crippen molar-refractivity contribution in [1.82, 2.24) is 0 Å². The number of benzene rings is 2. The lowest BCUT2D eigenvalue weighted by Gasteiger charge is -2.09. The summed E-state index contributed by atoms with van der Waals surface area (Å²) in [6.07, 6.45) is 0. The van der Waals surface area contributed by atoms with Crippen molar-refractivity contribution in [3.8, 4) is 5.75 Å². The third-order valence-corrected chi connectivity index (χ3v) is 3.34. The molecule has 0 heterocycles. The van der Waals surface area contributed by atoms with E-state index in [2.05, 4.69) is 15.9 Å². The predicted octanol–water partition coefficient (Wildman–Crippen LogP) is 2.67. The Balaban J connectivity index is 1.85. The minimum absolute atomic E-state index is 0.160. The Labute approximate surface area is 136 Å². The van der Waals surface area contributed by atoms with Gasteiger partial charge in [-0.3, -0.25) is 4.79 Å². The number of primary amides is 1. The van der Waals surface area contributed by atoms with Crippen molar-refractivity contribution in [3.05, 3.63) is 64.1 Å². The second-order valence-corrected chi connectivity index (χ2v) is 5.35. The Morgan fingerprint density at radius 3 is 2.41 bits per heavy atom. The van der Waals surface area contributed by atoms with Crippen LogP contribution in [-0.2, 0) is 16.1 Å². The summed E-state index contributed by atoms with van der Waals surface area (Å²) < 4.78 is 11.3. The van der Waals surface area contributed by atoms with E-state index in [1.807, 2.05) is 24.3 Å². The highest BCUT2D eigenvalue weighted by atomic mass is 79.9. The molecular formula is C16H14BrNO4. The van der Waals surface area contributed by atoms with Crippen LogP contribution in [0, 0.1) is 0 Å². The zero-order chi connectivity index (χ0) is 15.9. The van der Waals surface area contributed by atoms with Crippen LogP contribution < -0.4 is 10.5 Å². The lowest BCUT2D eigenvalue weighted by molar-refractivity contribution is -0.147. The summed E-state index contributed by atoms with van der Waals surface area (Å²) in [5, 5.41) is 0. The number of ether oxygens (including phenoxy) is 2. The monoisotopic (exact) mass is 363 g/mol. The van der Waals surface area contributed by atoms with Crippen molar-refractivity contribution in [2.45, 2.75) is 6.61 Å². The maximum absolute atomic E-state index is 11.7. The van der Waals surface area contributed by atoms with E-state index in [0.29, 0.717) is 0 Å². The molecule has 2 rings (SSSR count). The van der Waals surface area contributed by atoms with Crippen LogP contribution in [0.1, 0.15) is 15.9 Å². The minimum atomic E-state index is -0.612. The standard InChI is InChI=1S/C16H14BrNO4/c17-12-7-5-11(6-8-12)9-22-15(19)10-21-14-4-2-1-3-13(14)16(18)20/h1-8H,9-10H2,(H2,18,20). The van der Waals surface area contributed by atoms with E-state index in [4.69, 9.17) is 15.2 Å². The first-order valence-corrected chi connectivity index (χ1v) is 7.27. The summed E-state index contributed by atoms with van der Waals surface area (Å²) in [6, 6.07) is 13.9. The number of carbonyl (C=O) groups is 2. The average Bonchev–Trinajstić information content (AvgIpc) is 2.52. The lowest BCUT2D eigenvalue weighted by atomic mass is 10.2. The largest absolute Gasteiger partial charge is 0.481 e. The van der Waals surface area contributed by atoms with Crippen molar-refractivity contribution < 1.29 is 19.1 Å². The molecule has 0 bridgehead atoms. The molecule has 6 heteroatoms. The van der Waals surface area contributed by atoms with Gasteiger partial charge in [-0.15, -0.1) is 0 Å².